The van der Waals surface area contributed by atoms with Gasteiger partial charge in [-0.1, -0.05) is 48.0 Å². The fourth-order valence-corrected chi connectivity index (χ4v) is 3.94. The topological polar surface area (TPSA) is 65.4 Å². The molecule has 1 heterocycles. The van der Waals surface area contributed by atoms with Crippen LogP contribution < -0.4 is 14.8 Å². The van der Waals surface area contributed by atoms with Gasteiger partial charge in [0.1, 0.15) is 18.1 Å². The van der Waals surface area contributed by atoms with Crippen LogP contribution in [0.1, 0.15) is 27.9 Å². The molecule has 0 saturated carbocycles. The first-order valence-electron chi connectivity index (χ1n) is 11.5. The molecule has 1 amide bonds. The number of rotatable bonds is 9. The summed E-state index contributed by atoms with van der Waals surface area (Å²) in [6, 6.07) is 23.1. The molecule has 7 heteroatoms. The average Bonchev–Trinajstić information content (AvgIpc) is 3.21. The zero-order chi connectivity index (χ0) is 25.5. The number of methoxy groups -OCH3 is 1. The number of benzene rings is 3. The van der Waals surface area contributed by atoms with Gasteiger partial charge < -0.3 is 14.8 Å². The Labute approximate surface area is 216 Å². The summed E-state index contributed by atoms with van der Waals surface area (Å²) in [5, 5.41) is 8.00. The first-order valence-corrected chi connectivity index (χ1v) is 11.9. The molecule has 184 valence electrons. The van der Waals surface area contributed by atoms with E-state index in [9.17, 15) is 4.79 Å². The molecule has 0 bridgehead atoms. The predicted molar refractivity (Wildman–Crippen MR) is 144 cm³/mol. The maximum atomic E-state index is 12.6. The SMILES string of the molecule is COc1ccc(/C=C/C(=O)Nc2cc(C)n(Cc3ccccc3Cl)n2)cc1COc1cccc(C)c1. The quantitative estimate of drug-likeness (QED) is 0.268. The Morgan fingerprint density at radius 1 is 1.03 bits per heavy atom. The van der Waals surface area contributed by atoms with Crippen molar-refractivity contribution in [3.63, 3.8) is 0 Å². The highest BCUT2D eigenvalue weighted by molar-refractivity contribution is 6.31. The molecule has 0 atom stereocenters. The number of halogens is 1. The molecule has 0 unspecified atom stereocenters. The van der Waals surface area contributed by atoms with Crippen molar-refractivity contribution in [1.82, 2.24) is 9.78 Å². The number of hydrogen-bond acceptors (Lipinski definition) is 4. The first kappa shape index (κ1) is 25.1. The second kappa shape index (κ2) is 11.6. The lowest BCUT2D eigenvalue weighted by atomic mass is 10.1. The number of anilines is 1. The maximum Gasteiger partial charge on any atom is 0.249 e. The summed E-state index contributed by atoms with van der Waals surface area (Å²) >= 11 is 6.27. The second-order valence-corrected chi connectivity index (χ2v) is 8.83. The number of ether oxygens (including phenoxy) is 2. The maximum absolute atomic E-state index is 12.6. The number of amides is 1. The molecule has 0 aliphatic heterocycles. The van der Waals surface area contributed by atoms with E-state index in [-0.39, 0.29) is 5.91 Å². The van der Waals surface area contributed by atoms with E-state index in [0.29, 0.717) is 24.0 Å². The van der Waals surface area contributed by atoms with E-state index in [1.807, 2.05) is 91.3 Å². The van der Waals surface area contributed by atoms with Gasteiger partial charge in [0.2, 0.25) is 5.91 Å². The van der Waals surface area contributed by atoms with Crippen molar-refractivity contribution in [1.29, 1.82) is 0 Å². The van der Waals surface area contributed by atoms with Crippen LogP contribution in [0, 0.1) is 13.8 Å². The van der Waals surface area contributed by atoms with Gasteiger partial charge >= 0.3 is 0 Å². The molecule has 0 fully saturated rings. The van der Waals surface area contributed by atoms with Crippen LogP contribution in [0.5, 0.6) is 11.5 Å². The number of nitrogens with one attached hydrogen (secondary N) is 1. The van der Waals surface area contributed by atoms with Gasteiger partial charge in [-0.3, -0.25) is 9.48 Å². The molecule has 4 aromatic rings. The molecule has 6 nitrogen and oxygen atoms in total. The number of aromatic nitrogens is 2. The Morgan fingerprint density at radius 2 is 1.86 bits per heavy atom. The van der Waals surface area contributed by atoms with Crippen molar-refractivity contribution in [3.05, 3.63) is 112 Å². The van der Waals surface area contributed by atoms with E-state index in [1.165, 1.54) is 6.08 Å². The predicted octanol–water partition coefficient (Wildman–Crippen LogP) is 6.44. The summed E-state index contributed by atoms with van der Waals surface area (Å²) < 4.78 is 13.2. The van der Waals surface area contributed by atoms with E-state index < -0.39 is 0 Å². The Hall–Kier alpha value is -4.03. The van der Waals surface area contributed by atoms with Gasteiger partial charge in [-0.05, 0) is 66.9 Å². The number of carbonyl (C=O) groups is 1. The fraction of sp³-hybridized carbons (Fsp3) is 0.172. The van der Waals surface area contributed by atoms with Crippen molar-refractivity contribution >= 4 is 29.4 Å². The van der Waals surface area contributed by atoms with Crippen LogP contribution in [0.3, 0.4) is 0 Å². The third-order valence-electron chi connectivity index (χ3n) is 5.63. The van der Waals surface area contributed by atoms with Crippen LogP contribution in [-0.4, -0.2) is 22.8 Å². The smallest absolute Gasteiger partial charge is 0.249 e. The van der Waals surface area contributed by atoms with Gasteiger partial charge in [0.15, 0.2) is 5.82 Å². The molecule has 0 aliphatic rings. The number of nitrogens with zero attached hydrogens (tertiary/aromatic N) is 2. The summed E-state index contributed by atoms with van der Waals surface area (Å²) in [7, 11) is 1.63. The summed E-state index contributed by atoms with van der Waals surface area (Å²) in [4.78, 5) is 12.6. The van der Waals surface area contributed by atoms with Gasteiger partial charge in [-0.2, -0.15) is 5.10 Å². The van der Waals surface area contributed by atoms with Crippen LogP contribution in [0.4, 0.5) is 5.82 Å². The van der Waals surface area contributed by atoms with Crippen molar-refractivity contribution in [3.8, 4) is 11.5 Å². The highest BCUT2D eigenvalue weighted by Gasteiger charge is 2.09. The highest BCUT2D eigenvalue weighted by Crippen LogP contribution is 2.23. The van der Waals surface area contributed by atoms with Crippen molar-refractivity contribution in [2.24, 2.45) is 0 Å². The second-order valence-electron chi connectivity index (χ2n) is 8.42. The summed E-state index contributed by atoms with van der Waals surface area (Å²) in [6.07, 6.45) is 3.23. The van der Waals surface area contributed by atoms with Gasteiger partial charge in [0, 0.05) is 28.4 Å². The van der Waals surface area contributed by atoms with Gasteiger partial charge in [-0.15, -0.1) is 0 Å². The Bertz CT molecular complexity index is 1390. The molecular weight excluding hydrogens is 474 g/mol. The Balaban J connectivity index is 1.40. The monoisotopic (exact) mass is 501 g/mol. The average molecular weight is 502 g/mol. The molecule has 0 saturated heterocycles. The summed E-state index contributed by atoms with van der Waals surface area (Å²) in [5.41, 5.74) is 4.75. The molecule has 1 aromatic heterocycles. The molecule has 4 rings (SSSR count). The van der Waals surface area contributed by atoms with Crippen LogP contribution in [-0.2, 0) is 17.9 Å². The highest BCUT2D eigenvalue weighted by atomic mass is 35.5. The molecule has 0 radical (unpaired) electrons. The standard InChI is InChI=1S/C29H28ClN3O3/c1-20-7-6-9-25(15-20)36-19-24-17-22(11-13-27(24)35-3)12-14-29(34)31-28-16-21(2)33(32-28)18-23-8-4-5-10-26(23)30/h4-17H,18-19H2,1-3H3,(H,31,32,34)/b14-12+. The normalized spacial score (nSPS) is 11.0. The minimum Gasteiger partial charge on any atom is -0.496 e. The zero-order valence-electron chi connectivity index (χ0n) is 20.5. The Kier molecular flexibility index (Phi) is 8.08. The number of carbonyl (C=O) groups excluding carboxylic acids is 1. The number of hydrogen-bond donors (Lipinski definition) is 1. The molecule has 1 N–H and O–H groups in total. The summed E-state index contributed by atoms with van der Waals surface area (Å²) in [5.74, 6) is 1.73. The third-order valence-corrected chi connectivity index (χ3v) is 5.99. The molecule has 0 aliphatic carbocycles. The van der Waals surface area contributed by atoms with E-state index in [1.54, 1.807) is 13.2 Å². The zero-order valence-corrected chi connectivity index (χ0v) is 21.3. The van der Waals surface area contributed by atoms with E-state index in [0.717, 1.165) is 39.4 Å². The van der Waals surface area contributed by atoms with Crippen molar-refractivity contribution in [2.45, 2.75) is 27.0 Å². The molecule has 36 heavy (non-hydrogen) atoms. The first-order chi connectivity index (χ1) is 17.4. The van der Waals surface area contributed by atoms with Gasteiger partial charge in [0.05, 0.1) is 13.7 Å². The van der Waals surface area contributed by atoms with Crippen LogP contribution >= 0.6 is 11.6 Å². The minimum atomic E-state index is -0.272. The van der Waals surface area contributed by atoms with Crippen molar-refractivity contribution in [2.75, 3.05) is 12.4 Å². The van der Waals surface area contributed by atoms with Crippen LogP contribution in [0.2, 0.25) is 5.02 Å². The van der Waals surface area contributed by atoms with Gasteiger partial charge in [-0.25, -0.2) is 0 Å². The van der Waals surface area contributed by atoms with Gasteiger partial charge in [0.25, 0.3) is 0 Å². The third kappa shape index (κ3) is 6.55. The lowest BCUT2D eigenvalue weighted by molar-refractivity contribution is -0.111. The largest absolute Gasteiger partial charge is 0.496 e. The van der Waals surface area contributed by atoms with Crippen molar-refractivity contribution < 1.29 is 14.3 Å². The van der Waals surface area contributed by atoms with E-state index in [2.05, 4.69) is 10.4 Å². The van der Waals surface area contributed by atoms with Crippen LogP contribution in [0.25, 0.3) is 6.08 Å². The lowest BCUT2D eigenvalue weighted by Crippen LogP contribution is -2.10. The molecule has 3 aromatic carbocycles. The number of aryl methyl sites for hydroxylation is 2. The summed E-state index contributed by atoms with van der Waals surface area (Å²) in [6.45, 7) is 4.83. The lowest BCUT2D eigenvalue weighted by Gasteiger charge is -2.11. The minimum absolute atomic E-state index is 0.272. The van der Waals surface area contributed by atoms with E-state index in [4.69, 9.17) is 21.1 Å². The fourth-order valence-electron chi connectivity index (χ4n) is 3.74. The Morgan fingerprint density at radius 3 is 2.64 bits per heavy atom. The molecular formula is C29H28ClN3O3. The van der Waals surface area contributed by atoms with Crippen LogP contribution in [0.15, 0.2) is 78.9 Å². The molecule has 0 spiro atoms. The van der Waals surface area contributed by atoms with E-state index >= 15 is 0 Å².